The molecule has 0 aromatic carbocycles. The van der Waals surface area contributed by atoms with Crippen molar-refractivity contribution in [2.75, 3.05) is 26.2 Å². The maximum absolute atomic E-state index is 12.7. The first-order valence-corrected chi connectivity index (χ1v) is 8.61. The van der Waals surface area contributed by atoms with Gasteiger partial charge in [-0.25, -0.2) is 4.79 Å². The van der Waals surface area contributed by atoms with Crippen LogP contribution >= 0.6 is 0 Å². The van der Waals surface area contributed by atoms with Crippen molar-refractivity contribution < 1.29 is 9.59 Å². The predicted octanol–water partition coefficient (Wildman–Crippen LogP) is 1.06. The maximum Gasteiger partial charge on any atom is 0.312 e. The molecule has 0 aromatic rings. The highest BCUT2D eigenvalue weighted by Gasteiger charge is 2.29. The fourth-order valence-electron chi connectivity index (χ4n) is 3.73. The molecule has 2 atom stereocenters. The Labute approximate surface area is 133 Å². The molecular formula is C16H30N4O2. The minimum atomic E-state index is -0.513. The molecule has 3 amide bonds. The zero-order valence-electron chi connectivity index (χ0n) is 13.6. The second-order valence-electron chi connectivity index (χ2n) is 6.75. The Morgan fingerprint density at radius 1 is 1.27 bits per heavy atom. The normalized spacial score (nSPS) is 24.8. The summed E-state index contributed by atoms with van der Waals surface area (Å²) in [4.78, 5) is 25.5. The van der Waals surface area contributed by atoms with Crippen molar-refractivity contribution in [1.82, 2.24) is 15.5 Å². The number of amides is 3. The van der Waals surface area contributed by atoms with Gasteiger partial charge in [-0.2, -0.15) is 0 Å². The van der Waals surface area contributed by atoms with E-state index in [-0.39, 0.29) is 11.9 Å². The number of nitrogens with zero attached hydrogens (tertiary/aromatic N) is 1. The van der Waals surface area contributed by atoms with Crippen molar-refractivity contribution in [3.63, 3.8) is 0 Å². The zero-order valence-corrected chi connectivity index (χ0v) is 13.6. The van der Waals surface area contributed by atoms with Crippen molar-refractivity contribution in [2.24, 2.45) is 17.6 Å². The molecule has 6 heteroatoms. The van der Waals surface area contributed by atoms with Crippen molar-refractivity contribution in [3.8, 4) is 0 Å². The number of urea groups is 1. The van der Waals surface area contributed by atoms with Gasteiger partial charge in [-0.05, 0) is 57.0 Å². The SMILES string of the molecule is CC(CC(=O)N1CCCCC1CNC(N)=O)C1CCNCC1. The van der Waals surface area contributed by atoms with Crippen LogP contribution in [-0.2, 0) is 4.79 Å². The van der Waals surface area contributed by atoms with Gasteiger partial charge in [0.25, 0.3) is 0 Å². The molecule has 2 rings (SSSR count). The van der Waals surface area contributed by atoms with Gasteiger partial charge in [0.15, 0.2) is 0 Å². The van der Waals surface area contributed by atoms with Gasteiger partial charge in [-0.1, -0.05) is 6.92 Å². The number of rotatable bonds is 5. The monoisotopic (exact) mass is 310 g/mol. The molecule has 2 saturated heterocycles. The third-order valence-corrected chi connectivity index (χ3v) is 5.14. The van der Waals surface area contributed by atoms with Crippen LogP contribution < -0.4 is 16.4 Å². The maximum atomic E-state index is 12.7. The summed E-state index contributed by atoms with van der Waals surface area (Å²) in [5.74, 6) is 1.32. The quantitative estimate of drug-likeness (QED) is 0.709. The van der Waals surface area contributed by atoms with E-state index in [1.165, 1.54) is 12.8 Å². The average molecular weight is 310 g/mol. The van der Waals surface area contributed by atoms with Gasteiger partial charge in [0.05, 0.1) is 0 Å². The van der Waals surface area contributed by atoms with Crippen molar-refractivity contribution in [1.29, 1.82) is 0 Å². The van der Waals surface area contributed by atoms with Crippen LogP contribution in [0.15, 0.2) is 0 Å². The first-order chi connectivity index (χ1) is 10.6. The Morgan fingerprint density at radius 2 is 2.00 bits per heavy atom. The molecule has 0 saturated carbocycles. The summed E-state index contributed by atoms with van der Waals surface area (Å²) in [6, 6.07) is -0.407. The molecule has 2 aliphatic heterocycles. The van der Waals surface area contributed by atoms with E-state index in [0.29, 0.717) is 24.8 Å². The molecule has 0 aliphatic carbocycles. The lowest BCUT2D eigenvalue weighted by molar-refractivity contribution is -0.136. The van der Waals surface area contributed by atoms with E-state index in [2.05, 4.69) is 17.6 Å². The third kappa shape index (κ3) is 4.87. The highest BCUT2D eigenvalue weighted by molar-refractivity contribution is 5.77. The summed E-state index contributed by atoms with van der Waals surface area (Å²) >= 11 is 0. The summed E-state index contributed by atoms with van der Waals surface area (Å²) in [6.45, 7) is 5.62. The molecule has 2 aliphatic rings. The van der Waals surface area contributed by atoms with Crippen LogP contribution in [0.4, 0.5) is 4.79 Å². The van der Waals surface area contributed by atoms with Crippen LogP contribution in [0.3, 0.4) is 0 Å². The molecule has 0 bridgehead atoms. The van der Waals surface area contributed by atoms with Gasteiger partial charge in [-0.15, -0.1) is 0 Å². The second-order valence-corrected chi connectivity index (χ2v) is 6.75. The van der Waals surface area contributed by atoms with Crippen LogP contribution in [0.1, 0.15) is 45.4 Å². The molecule has 2 fully saturated rings. The summed E-state index contributed by atoms with van der Waals surface area (Å²) in [7, 11) is 0. The minimum absolute atomic E-state index is 0.106. The molecular weight excluding hydrogens is 280 g/mol. The average Bonchev–Trinajstić information content (AvgIpc) is 2.54. The number of nitrogens with one attached hydrogen (secondary N) is 2. The van der Waals surface area contributed by atoms with Crippen molar-refractivity contribution >= 4 is 11.9 Å². The number of hydrogen-bond acceptors (Lipinski definition) is 3. The Hall–Kier alpha value is -1.30. The molecule has 2 unspecified atom stereocenters. The number of primary amides is 1. The smallest absolute Gasteiger partial charge is 0.312 e. The topological polar surface area (TPSA) is 87.5 Å². The molecule has 126 valence electrons. The minimum Gasteiger partial charge on any atom is -0.352 e. The molecule has 6 nitrogen and oxygen atoms in total. The van der Waals surface area contributed by atoms with Gasteiger partial charge in [-0.3, -0.25) is 4.79 Å². The van der Waals surface area contributed by atoms with Gasteiger partial charge in [0, 0.05) is 25.6 Å². The largest absolute Gasteiger partial charge is 0.352 e. The number of nitrogens with two attached hydrogens (primary N) is 1. The van der Waals surface area contributed by atoms with Crippen LogP contribution in [0.2, 0.25) is 0 Å². The standard InChI is InChI=1S/C16H30N4O2/c1-12(13-5-7-18-8-6-13)10-15(21)20-9-3-2-4-14(20)11-19-16(17)22/h12-14,18H,2-11H2,1H3,(H3,17,19,22). The van der Waals surface area contributed by atoms with E-state index in [0.717, 1.165) is 38.9 Å². The number of carbonyl (C=O) groups is 2. The van der Waals surface area contributed by atoms with Crippen LogP contribution in [0.25, 0.3) is 0 Å². The summed E-state index contributed by atoms with van der Waals surface area (Å²) in [5, 5.41) is 6.03. The van der Waals surface area contributed by atoms with E-state index in [1.54, 1.807) is 0 Å². The van der Waals surface area contributed by atoms with Gasteiger partial charge in [0.1, 0.15) is 0 Å². The first-order valence-electron chi connectivity index (χ1n) is 8.61. The van der Waals surface area contributed by atoms with Crippen molar-refractivity contribution in [2.45, 2.75) is 51.5 Å². The predicted molar refractivity (Wildman–Crippen MR) is 86.3 cm³/mol. The molecule has 22 heavy (non-hydrogen) atoms. The first kappa shape index (κ1) is 17.1. The lowest BCUT2D eigenvalue weighted by Gasteiger charge is -2.37. The second kappa shape index (κ2) is 8.36. The fourth-order valence-corrected chi connectivity index (χ4v) is 3.73. The summed E-state index contributed by atoms with van der Waals surface area (Å²) < 4.78 is 0. The number of hydrogen-bond donors (Lipinski definition) is 3. The molecule has 4 N–H and O–H groups in total. The fraction of sp³-hybridized carbons (Fsp3) is 0.875. The van der Waals surface area contributed by atoms with E-state index < -0.39 is 6.03 Å². The third-order valence-electron chi connectivity index (χ3n) is 5.14. The number of carbonyl (C=O) groups excluding carboxylic acids is 2. The highest BCUT2D eigenvalue weighted by Crippen LogP contribution is 2.26. The van der Waals surface area contributed by atoms with Gasteiger partial charge < -0.3 is 21.3 Å². The summed E-state index contributed by atoms with van der Waals surface area (Å²) in [5.41, 5.74) is 5.15. The van der Waals surface area contributed by atoms with Crippen LogP contribution in [-0.4, -0.2) is 49.1 Å². The van der Waals surface area contributed by atoms with Crippen LogP contribution in [0.5, 0.6) is 0 Å². The van der Waals surface area contributed by atoms with Gasteiger partial charge >= 0.3 is 6.03 Å². The molecule has 0 spiro atoms. The Kier molecular flexibility index (Phi) is 6.49. The van der Waals surface area contributed by atoms with Crippen molar-refractivity contribution in [3.05, 3.63) is 0 Å². The highest BCUT2D eigenvalue weighted by atomic mass is 16.2. The van der Waals surface area contributed by atoms with Gasteiger partial charge in [0.2, 0.25) is 5.91 Å². The molecule has 0 aromatic heterocycles. The lowest BCUT2D eigenvalue weighted by Crippen LogP contribution is -2.50. The Balaban J connectivity index is 1.86. The zero-order chi connectivity index (χ0) is 15.9. The number of likely N-dealkylation sites (tertiary alicyclic amines) is 1. The van der Waals surface area contributed by atoms with E-state index >= 15 is 0 Å². The summed E-state index contributed by atoms with van der Waals surface area (Å²) in [6.07, 6.45) is 6.08. The van der Waals surface area contributed by atoms with E-state index in [1.807, 2.05) is 4.90 Å². The molecule has 2 heterocycles. The lowest BCUT2D eigenvalue weighted by atomic mass is 9.83. The number of piperidine rings is 2. The van der Waals surface area contributed by atoms with Crippen LogP contribution in [0, 0.1) is 11.8 Å². The Morgan fingerprint density at radius 3 is 2.68 bits per heavy atom. The van der Waals surface area contributed by atoms with E-state index in [9.17, 15) is 9.59 Å². The van der Waals surface area contributed by atoms with E-state index in [4.69, 9.17) is 5.73 Å². The molecule has 0 radical (unpaired) electrons. The Bertz CT molecular complexity index is 382.